The standard InChI is InChI=1S/C20H18N6O2.Pt/c27-19-21-15-5-1-3-7-17(15)23-9-11-26(13-23)20(28)22-16-6-2-4-8-18(16)24-10-12-25(19)14-24;/h1-8H,9-12H2,(H2,21,22,27,28);/p-2. The molecule has 4 aliphatic heterocycles. The van der Waals surface area contributed by atoms with Gasteiger partial charge in [-0.05, 0) is 0 Å². The summed E-state index contributed by atoms with van der Waals surface area (Å²) in [5.41, 5.74) is 3.03. The van der Waals surface area contributed by atoms with Crippen molar-refractivity contribution in [3.63, 3.8) is 0 Å². The van der Waals surface area contributed by atoms with Gasteiger partial charge in [0, 0.05) is 0 Å². The molecule has 0 radical (unpaired) electrons. The summed E-state index contributed by atoms with van der Waals surface area (Å²) in [6.45, 7) is 2.50. The molecule has 2 aromatic rings. The van der Waals surface area contributed by atoms with Gasteiger partial charge in [-0.1, -0.05) is 0 Å². The van der Waals surface area contributed by atoms with E-state index in [9.17, 15) is 9.59 Å². The Morgan fingerprint density at radius 3 is 1.52 bits per heavy atom. The van der Waals surface area contributed by atoms with E-state index < -0.39 is 17.6 Å². The Balaban J connectivity index is 1.65. The van der Waals surface area contributed by atoms with Gasteiger partial charge in [0.25, 0.3) is 0 Å². The van der Waals surface area contributed by atoms with Crippen molar-refractivity contribution >= 4 is 43.1 Å². The first-order chi connectivity index (χ1) is 14.2. The Morgan fingerprint density at radius 2 is 1.03 bits per heavy atom. The predicted octanol–water partition coefficient (Wildman–Crippen LogP) is 3.17. The molecule has 2 fully saturated rings. The van der Waals surface area contributed by atoms with E-state index in [0.717, 1.165) is 19.7 Å². The van der Waals surface area contributed by atoms with Gasteiger partial charge in [-0.25, -0.2) is 0 Å². The van der Waals surface area contributed by atoms with Crippen LogP contribution in [0.5, 0.6) is 0 Å². The molecule has 0 aliphatic carbocycles. The molecule has 0 spiro atoms. The molecule has 9 heteroatoms. The van der Waals surface area contributed by atoms with Crippen molar-refractivity contribution in [1.29, 1.82) is 0 Å². The van der Waals surface area contributed by atoms with Crippen LogP contribution in [0.2, 0.25) is 0 Å². The van der Waals surface area contributed by atoms with Crippen molar-refractivity contribution in [2.75, 3.05) is 36.0 Å². The third kappa shape index (κ3) is 2.48. The van der Waals surface area contributed by atoms with Crippen LogP contribution >= 0.6 is 0 Å². The Morgan fingerprint density at radius 1 is 0.621 bits per heavy atom. The van der Waals surface area contributed by atoms with Crippen molar-refractivity contribution in [2.45, 2.75) is 0 Å². The van der Waals surface area contributed by atoms with Gasteiger partial charge in [-0.15, -0.1) is 0 Å². The van der Waals surface area contributed by atoms with Crippen molar-refractivity contribution in [1.82, 2.24) is 9.80 Å². The molecule has 4 amide bonds. The first-order valence-corrected chi connectivity index (χ1v) is 11.6. The van der Waals surface area contributed by atoms with Crippen LogP contribution in [0, 0.1) is 0 Å². The fourth-order valence-electron chi connectivity index (χ4n) is 3.93. The molecular weight excluding hydrogens is 551 g/mol. The van der Waals surface area contributed by atoms with Crippen LogP contribution in [-0.2, 0) is 17.6 Å². The summed E-state index contributed by atoms with van der Waals surface area (Å²) in [5.74, 6) is 0. The summed E-state index contributed by atoms with van der Waals surface area (Å²) in [5, 5.41) is 8.90. The van der Waals surface area contributed by atoms with Gasteiger partial charge in [0.2, 0.25) is 0 Å². The van der Waals surface area contributed by atoms with E-state index in [0.29, 0.717) is 37.6 Å². The van der Waals surface area contributed by atoms with Gasteiger partial charge >= 0.3 is 175 Å². The summed E-state index contributed by atoms with van der Waals surface area (Å²) >= 11 is -0.833. The fraction of sp³-hybridized carbons (Fsp3) is 0.200. The molecule has 29 heavy (non-hydrogen) atoms. The van der Waals surface area contributed by atoms with E-state index in [2.05, 4.69) is 20.4 Å². The molecule has 0 atom stereocenters. The molecule has 0 saturated carbocycles. The molecule has 4 heterocycles. The fourth-order valence-corrected chi connectivity index (χ4v) is 7.61. The van der Waals surface area contributed by atoms with Crippen LogP contribution < -0.4 is 9.80 Å². The summed E-state index contributed by atoms with van der Waals surface area (Å²) in [6, 6.07) is 14.8. The van der Waals surface area contributed by atoms with Gasteiger partial charge in [-0.3, -0.25) is 0 Å². The molecule has 4 aliphatic rings. The van der Waals surface area contributed by atoms with E-state index >= 15 is 0 Å². The molecule has 150 valence electrons. The average Bonchev–Trinajstić information content (AvgIpc) is 3.33. The zero-order chi connectivity index (χ0) is 19.5. The number of amides is 4. The number of hydrogen-bond acceptors (Lipinski definition) is 4. The molecule has 0 aromatic heterocycles. The Kier molecular flexibility index (Phi) is 3.65. The number of carbonyl (C=O) groups excluding carboxylic acids is 2. The van der Waals surface area contributed by atoms with E-state index in [4.69, 9.17) is 0 Å². The zero-order valence-electron chi connectivity index (χ0n) is 15.3. The van der Waals surface area contributed by atoms with Crippen LogP contribution in [0.15, 0.2) is 48.5 Å². The van der Waals surface area contributed by atoms with Crippen LogP contribution in [0.4, 0.5) is 32.3 Å². The van der Waals surface area contributed by atoms with Crippen LogP contribution in [0.1, 0.15) is 0 Å². The van der Waals surface area contributed by atoms with Crippen LogP contribution in [0.25, 0.3) is 10.6 Å². The second kappa shape index (κ2) is 6.25. The molecule has 0 N–H and O–H groups in total. The maximum absolute atomic E-state index is 13.1. The van der Waals surface area contributed by atoms with Gasteiger partial charge in [0.15, 0.2) is 0 Å². The number of hydrogen-bond donors (Lipinski definition) is 0. The van der Waals surface area contributed by atoms with Gasteiger partial charge < -0.3 is 0 Å². The van der Waals surface area contributed by atoms with Gasteiger partial charge in [0.05, 0.1) is 0 Å². The number of urea groups is 2. The van der Waals surface area contributed by atoms with E-state index in [1.807, 2.05) is 48.5 Å². The first kappa shape index (κ1) is 16.9. The number of benzene rings is 2. The monoisotopic (exact) mass is 567 g/mol. The molecule has 2 aromatic carbocycles. The van der Waals surface area contributed by atoms with Crippen molar-refractivity contribution in [3.8, 4) is 0 Å². The Labute approximate surface area is 175 Å². The number of carbonyl (C=O) groups is 2. The summed E-state index contributed by atoms with van der Waals surface area (Å²) in [6.07, 6.45) is 0. The second-order valence-electron chi connectivity index (χ2n) is 6.93. The predicted molar refractivity (Wildman–Crippen MR) is 108 cm³/mol. The molecular formula is C20H16N6O2Pt-2. The van der Waals surface area contributed by atoms with E-state index in [1.165, 1.54) is 0 Å². The third-order valence-corrected chi connectivity index (χ3v) is 8.77. The number of para-hydroxylation sites is 4. The summed E-state index contributed by atoms with van der Waals surface area (Å²) in [7, 11) is 0. The molecule has 8 nitrogen and oxygen atoms in total. The van der Waals surface area contributed by atoms with E-state index in [-0.39, 0.29) is 12.1 Å². The second-order valence-corrected chi connectivity index (χ2v) is 9.54. The SMILES string of the molecule is O=C1[N-]c2ccccc2N2CCN3C(=O)[N-]c4ccccc4N4CCN1[C]4=[Pt]=[C]32. The van der Waals surface area contributed by atoms with E-state index in [1.54, 1.807) is 9.80 Å². The van der Waals surface area contributed by atoms with Crippen LogP contribution in [-0.4, -0.2) is 56.3 Å². The van der Waals surface area contributed by atoms with Crippen molar-refractivity contribution in [3.05, 3.63) is 59.2 Å². The van der Waals surface area contributed by atoms with Gasteiger partial charge in [-0.2, -0.15) is 0 Å². The Bertz CT molecular complexity index is 1060. The normalized spacial score (nSPS) is 20.3. The minimum atomic E-state index is -0.833. The maximum atomic E-state index is 13.1. The van der Waals surface area contributed by atoms with Crippen molar-refractivity contribution in [2.24, 2.45) is 0 Å². The quantitative estimate of drug-likeness (QED) is 0.491. The average molecular weight is 567 g/mol. The third-order valence-electron chi connectivity index (χ3n) is 5.30. The Hall–Kier alpha value is -2.99. The topological polar surface area (TPSA) is 75.3 Å². The molecule has 6 rings (SSSR count). The summed E-state index contributed by atoms with van der Waals surface area (Å²) in [4.78, 5) is 34.1. The molecule has 0 unspecified atom stereocenters. The van der Waals surface area contributed by atoms with Crippen LogP contribution in [0.3, 0.4) is 0 Å². The minimum absolute atomic E-state index is 0.247. The number of anilines is 2. The zero-order valence-corrected chi connectivity index (χ0v) is 17.5. The number of rotatable bonds is 0. The van der Waals surface area contributed by atoms with Crippen molar-refractivity contribution < 1.29 is 27.2 Å². The number of nitrogens with zero attached hydrogens (tertiary/aromatic N) is 6. The molecule has 2 saturated heterocycles. The molecule has 2 bridgehead atoms. The summed E-state index contributed by atoms with van der Waals surface area (Å²) < 4.78 is 1.91. The van der Waals surface area contributed by atoms with Gasteiger partial charge in [0.1, 0.15) is 0 Å². The number of fused-ring (bicyclic) bond motifs is 4. The first-order valence-electron chi connectivity index (χ1n) is 9.33.